The average Bonchev–Trinajstić information content (AvgIpc) is 2.48. The van der Waals surface area contributed by atoms with E-state index < -0.39 is 0 Å². The molecule has 0 amide bonds. The highest BCUT2D eigenvalue weighted by Crippen LogP contribution is 2.13. The van der Waals surface area contributed by atoms with Crippen LogP contribution in [0.4, 0.5) is 0 Å². The second-order valence-electron chi connectivity index (χ2n) is 2.51. The third kappa shape index (κ3) is 2.81. The molecule has 1 heterocycles. The Labute approximate surface area is 98.7 Å². The summed E-state index contributed by atoms with van der Waals surface area (Å²) in [6.45, 7) is 2.13. The minimum absolute atomic E-state index is 0.358. The fraction of sp³-hybridized carbons (Fsp3) is 0.500. The van der Waals surface area contributed by atoms with E-state index in [9.17, 15) is 4.79 Å². The van der Waals surface area contributed by atoms with E-state index in [0.717, 1.165) is 11.0 Å². The standard InChI is InChI=1S/C8H10Br2N2O2/c1-2-14-7(13)6-5(3-4-9)11-8(10)12-6/h2-4H2,1H3,(H,11,12). The first-order valence-electron chi connectivity index (χ1n) is 4.16. The fourth-order valence-corrected chi connectivity index (χ4v) is 1.83. The Bertz CT molecular complexity index is 325. The van der Waals surface area contributed by atoms with Gasteiger partial charge < -0.3 is 9.72 Å². The van der Waals surface area contributed by atoms with Gasteiger partial charge >= 0.3 is 5.97 Å². The molecule has 78 valence electrons. The SMILES string of the molecule is CCOC(=O)c1nc(Br)[nH]c1CCBr. The molecule has 0 bridgehead atoms. The van der Waals surface area contributed by atoms with Crippen LogP contribution >= 0.6 is 31.9 Å². The number of nitrogens with zero attached hydrogens (tertiary/aromatic N) is 1. The minimum Gasteiger partial charge on any atom is -0.461 e. The smallest absolute Gasteiger partial charge is 0.358 e. The summed E-state index contributed by atoms with van der Waals surface area (Å²) in [6.07, 6.45) is 0.715. The van der Waals surface area contributed by atoms with Crippen molar-refractivity contribution in [3.05, 3.63) is 16.1 Å². The molecule has 0 radical (unpaired) electrons. The van der Waals surface area contributed by atoms with Crippen LogP contribution in [-0.2, 0) is 11.2 Å². The number of H-pyrrole nitrogens is 1. The van der Waals surface area contributed by atoms with Gasteiger partial charge in [-0.1, -0.05) is 15.9 Å². The summed E-state index contributed by atoms with van der Waals surface area (Å²) in [7, 11) is 0. The number of nitrogens with one attached hydrogen (secondary N) is 1. The molecule has 1 aromatic heterocycles. The Balaban J connectivity index is 2.88. The number of esters is 1. The fourth-order valence-electron chi connectivity index (χ4n) is 1.02. The van der Waals surface area contributed by atoms with Gasteiger partial charge in [-0.05, 0) is 29.3 Å². The maximum atomic E-state index is 11.4. The van der Waals surface area contributed by atoms with Crippen LogP contribution < -0.4 is 0 Å². The number of rotatable bonds is 4. The van der Waals surface area contributed by atoms with Crippen molar-refractivity contribution < 1.29 is 9.53 Å². The Morgan fingerprint density at radius 3 is 2.93 bits per heavy atom. The molecule has 4 nitrogen and oxygen atoms in total. The van der Waals surface area contributed by atoms with Gasteiger partial charge in [0.25, 0.3) is 0 Å². The zero-order valence-electron chi connectivity index (χ0n) is 7.64. The Kier molecular flexibility index (Phi) is 4.60. The number of ether oxygens (including phenoxy) is 1. The number of imidazole rings is 1. The normalized spacial score (nSPS) is 10.2. The molecule has 0 aromatic carbocycles. The summed E-state index contributed by atoms with van der Waals surface area (Å²) >= 11 is 6.49. The van der Waals surface area contributed by atoms with Gasteiger partial charge in [0.15, 0.2) is 10.4 Å². The van der Waals surface area contributed by atoms with Gasteiger partial charge in [0.1, 0.15) is 0 Å². The molecule has 0 unspecified atom stereocenters. The number of hydrogen-bond acceptors (Lipinski definition) is 3. The molecule has 0 atom stereocenters. The van der Waals surface area contributed by atoms with Gasteiger partial charge in [0, 0.05) is 5.33 Å². The first-order chi connectivity index (χ1) is 6.69. The predicted molar refractivity (Wildman–Crippen MR) is 59.7 cm³/mol. The van der Waals surface area contributed by atoms with Crippen molar-refractivity contribution >= 4 is 37.8 Å². The molecule has 0 fully saturated rings. The molecule has 1 aromatic rings. The van der Waals surface area contributed by atoms with E-state index in [0.29, 0.717) is 23.5 Å². The lowest BCUT2D eigenvalue weighted by Gasteiger charge is -2.00. The lowest BCUT2D eigenvalue weighted by Crippen LogP contribution is -2.08. The number of hydrogen-bond donors (Lipinski definition) is 1. The first-order valence-corrected chi connectivity index (χ1v) is 6.08. The molecule has 0 saturated heterocycles. The van der Waals surface area contributed by atoms with Crippen molar-refractivity contribution in [3.8, 4) is 0 Å². The van der Waals surface area contributed by atoms with Crippen LogP contribution in [0.15, 0.2) is 4.73 Å². The Morgan fingerprint density at radius 2 is 2.36 bits per heavy atom. The van der Waals surface area contributed by atoms with Crippen molar-refractivity contribution in [3.63, 3.8) is 0 Å². The van der Waals surface area contributed by atoms with Crippen LogP contribution in [0.5, 0.6) is 0 Å². The average molecular weight is 326 g/mol. The molecular formula is C8H10Br2N2O2. The number of carbonyl (C=O) groups is 1. The van der Waals surface area contributed by atoms with Crippen molar-refractivity contribution in [2.45, 2.75) is 13.3 Å². The summed E-state index contributed by atoms with van der Waals surface area (Å²) in [5, 5.41) is 0.772. The molecule has 14 heavy (non-hydrogen) atoms. The van der Waals surface area contributed by atoms with Crippen molar-refractivity contribution in [1.29, 1.82) is 0 Å². The lowest BCUT2D eigenvalue weighted by atomic mass is 10.3. The topological polar surface area (TPSA) is 55.0 Å². The second kappa shape index (κ2) is 5.50. The Hall–Kier alpha value is -0.360. The number of alkyl halides is 1. The molecule has 0 saturated carbocycles. The number of carbonyl (C=O) groups excluding carboxylic acids is 1. The van der Waals surface area contributed by atoms with E-state index in [2.05, 4.69) is 41.8 Å². The van der Waals surface area contributed by atoms with Crippen LogP contribution in [-0.4, -0.2) is 27.9 Å². The molecule has 1 N–H and O–H groups in total. The minimum atomic E-state index is -0.384. The highest BCUT2D eigenvalue weighted by molar-refractivity contribution is 9.10. The van der Waals surface area contributed by atoms with Crippen molar-refractivity contribution in [2.75, 3.05) is 11.9 Å². The number of aryl methyl sites for hydroxylation is 1. The monoisotopic (exact) mass is 324 g/mol. The van der Waals surface area contributed by atoms with E-state index in [1.165, 1.54) is 0 Å². The molecule has 0 aliphatic rings. The zero-order valence-corrected chi connectivity index (χ0v) is 10.8. The van der Waals surface area contributed by atoms with Crippen molar-refractivity contribution in [1.82, 2.24) is 9.97 Å². The first kappa shape index (κ1) is 11.7. The molecule has 6 heteroatoms. The number of halogens is 2. The zero-order chi connectivity index (χ0) is 10.6. The van der Waals surface area contributed by atoms with E-state index in [-0.39, 0.29) is 5.97 Å². The van der Waals surface area contributed by atoms with Gasteiger partial charge in [-0.3, -0.25) is 0 Å². The van der Waals surface area contributed by atoms with Crippen LogP contribution in [0.1, 0.15) is 23.1 Å². The van der Waals surface area contributed by atoms with E-state index in [1.807, 2.05) is 0 Å². The predicted octanol–water partition coefficient (Wildman–Crippen LogP) is 2.29. The van der Waals surface area contributed by atoms with Gasteiger partial charge in [-0.2, -0.15) is 0 Å². The largest absolute Gasteiger partial charge is 0.461 e. The third-order valence-corrected chi connectivity index (χ3v) is 2.34. The molecular weight excluding hydrogens is 316 g/mol. The maximum Gasteiger partial charge on any atom is 0.358 e. The van der Waals surface area contributed by atoms with Gasteiger partial charge in [-0.25, -0.2) is 9.78 Å². The highest BCUT2D eigenvalue weighted by Gasteiger charge is 2.16. The molecule has 0 aliphatic heterocycles. The van der Waals surface area contributed by atoms with Crippen molar-refractivity contribution in [2.24, 2.45) is 0 Å². The van der Waals surface area contributed by atoms with Crippen LogP contribution in [0.2, 0.25) is 0 Å². The second-order valence-corrected chi connectivity index (χ2v) is 4.06. The quantitative estimate of drug-likeness (QED) is 0.682. The maximum absolute atomic E-state index is 11.4. The summed E-state index contributed by atoms with van der Waals surface area (Å²) in [6, 6.07) is 0. The highest BCUT2D eigenvalue weighted by atomic mass is 79.9. The van der Waals surface area contributed by atoms with Crippen LogP contribution in [0.25, 0.3) is 0 Å². The molecule has 0 aliphatic carbocycles. The number of aromatic nitrogens is 2. The van der Waals surface area contributed by atoms with Crippen LogP contribution in [0, 0.1) is 0 Å². The van der Waals surface area contributed by atoms with Crippen LogP contribution in [0.3, 0.4) is 0 Å². The van der Waals surface area contributed by atoms with E-state index >= 15 is 0 Å². The molecule has 1 rings (SSSR count). The Morgan fingerprint density at radius 1 is 1.64 bits per heavy atom. The van der Waals surface area contributed by atoms with Gasteiger partial charge in [0.2, 0.25) is 0 Å². The van der Waals surface area contributed by atoms with E-state index in [1.54, 1.807) is 6.92 Å². The third-order valence-electron chi connectivity index (χ3n) is 1.56. The summed E-state index contributed by atoms with van der Waals surface area (Å²) in [5.74, 6) is -0.384. The number of aromatic amines is 1. The van der Waals surface area contributed by atoms with Gasteiger partial charge in [0.05, 0.1) is 12.3 Å². The molecule has 0 spiro atoms. The summed E-state index contributed by atoms with van der Waals surface area (Å²) in [5.41, 5.74) is 1.14. The summed E-state index contributed by atoms with van der Waals surface area (Å²) < 4.78 is 5.42. The van der Waals surface area contributed by atoms with Gasteiger partial charge in [-0.15, -0.1) is 0 Å². The van der Waals surface area contributed by atoms with E-state index in [4.69, 9.17) is 4.74 Å². The lowest BCUT2D eigenvalue weighted by molar-refractivity contribution is 0.0519. The summed E-state index contributed by atoms with van der Waals surface area (Å²) in [4.78, 5) is 18.4.